The first kappa shape index (κ1) is 8.98. The van der Waals surface area contributed by atoms with Crippen LogP contribution >= 0.6 is 0 Å². The van der Waals surface area contributed by atoms with Crippen molar-refractivity contribution in [2.24, 2.45) is 7.05 Å². The van der Waals surface area contributed by atoms with Crippen molar-refractivity contribution in [1.82, 2.24) is 4.57 Å². The Labute approximate surface area is 89.1 Å². The Hall–Kier alpha value is -1.28. The maximum absolute atomic E-state index is 9.96. The van der Waals surface area contributed by atoms with Gasteiger partial charge in [-0.2, -0.15) is 0 Å². The van der Waals surface area contributed by atoms with E-state index in [9.17, 15) is 5.11 Å². The molecule has 1 N–H and O–H groups in total. The fourth-order valence-electron chi connectivity index (χ4n) is 2.26. The van der Waals surface area contributed by atoms with Crippen molar-refractivity contribution in [3.63, 3.8) is 0 Å². The fourth-order valence-corrected chi connectivity index (χ4v) is 2.26. The summed E-state index contributed by atoms with van der Waals surface area (Å²) in [5, 5.41) is 11.2. The fraction of sp³-hybridized carbons (Fsp3) is 0.385. The maximum Gasteiger partial charge on any atom is 0.0690 e. The number of nitrogens with zero attached hydrogens (tertiary/aromatic N) is 1. The van der Waals surface area contributed by atoms with Crippen LogP contribution in [0.5, 0.6) is 0 Å². The van der Waals surface area contributed by atoms with Crippen molar-refractivity contribution in [2.45, 2.75) is 24.9 Å². The molecular weight excluding hydrogens is 186 g/mol. The van der Waals surface area contributed by atoms with E-state index in [1.165, 1.54) is 16.5 Å². The normalized spacial score (nSPS) is 18.3. The molecule has 0 bridgehead atoms. The molecule has 2 heteroatoms. The highest BCUT2D eigenvalue weighted by Crippen LogP contribution is 2.39. The molecule has 1 aliphatic rings. The molecule has 0 aliphatic heterocycles. The van der Waals surface area contributed by atoms with E-state index in [-0.39, 0.29) is 0 Å². The van der Waals surface area contributed by atoms with Crippen LogP contribution in [0.2, 0.25) is 0 Å². The van der Waals surface area contributed by atoms with Crippen molar-refractivity contribution in [1.29, 1.82) is 0 Å². The van der Waals surface area contributed by atoms with Crippen molar-refractivity contribution < 1.29 is 5.11 Å². The number of hydrogen-bond donors (Lipinski definition) is 1. The lowest BCUT2D eigenvalue weighted by Crippen LogP contribution is -2.11. The second kappa shape index (κ2) is 2.86. The Kier molecular flexibility index (Phi) is 1.71. The minimum Gasteiger partial charge on any atom is -0.390 e. The van der Waals surface area contributed by atoms with Gasteiger partial charge in [0, 0.05) is 19.7 Å². The molecule has 1 aromatic heterocycles. The number of aromatic nitrogens is 1. The van der Waals surface area contributed by atoms with Gasteiger partial charge in [0.05, 0.1) is 11.1 Å². The summed E-state index contributed by atoms with van der Waals surface area (Å²) in [7, 11) is 2.06. The lowest BCUT2D eigenvalue weighted by atomic mass is 10.0. The summed E-state index contributed by atoms with van der Waals surface area (Å²) in [6, 6.07) is 8.44. The summed E-state index contributed by atoms with van der Waals surface area (Å²) in [4.78, 5) is 0. The predicted octanol–water partition coefficient (Wildman–Crippen LogP) is 2.25. The summed E-state index contributed by atoms with van der Waals surface area (Å²) >= 11 is 0. The molecule has 1 fully saturated rings. The second-order valence-electron chi connectivity index (χ2n) is 4.68. The number of aryl methyl sites for hydroxylation is 1. The Morgan fingerprint density at radius 2 is 2.13 bits per heavy atom. The minimum absolute atomic E-state index is 0.404. The van der Waals surface area contributed by atoms with E-state index < -0.39 is 5.60 Å². The zero-order valence-electron chi connectivity index (χ0n) is 8.90. The monoisotopic (exact) mass is 201 g/mol. The number of benzene rings is 1. The Morgan fingerprint density at radius 3 is 2.87 bits per heavy atom. The number of fused-ring (bicyclic) bond motifs is 1. The summed E-state index contributed by atoms with van der Waals surface area (Å²) in [5.41, 5.74) is 2.12. The largest absolute Gasteiger partial charge is 0.390 e. The molecule has 3 rings (SSSR count). The van der Waals surface area contributed by atoms with Crippen LogP contribution in [0.3, 0.4) is 0 Å². The van der Waals surface area contributed by atoms with E-state index >= 15 is 0 Å². The summed E-state index contributed by atoms with van der Waals surface area (Å²) in [6.07, 6.45) is 4.77. The molecule has 0 radical (unpaired) electrons. The predicted molar refractivity (Wildman–Crippen MR) is 60.8 cm³/mol. The summed E-state index contributed by atoms with van der Waals surface area (Å²) in [5.74, 6) is 0. The highest BCUT2D eigenvalue weighted by molar-refractivity contribution is 5.83. The lowest BCUT2D eigenvalue weighted by molar-refractivity contribution is 0.151. The Balaban J connectivity index is 2.12. The standard InChI is InChI=1S/C13H15NO/c1-14-8-5-10-3-2-4-11(12(10)14)9-13(15)6-7-13/h2-5,8,15H,6-7,9H2,1H3. The molecule has 1 heterocycles. The number of para-hydroxylation sites is 1. The van der Waals surface area contributed by atoms with Gasteiger partial charge in [0.25, 0.3) is 0 Å². The minimum atomic E-state index is -0.404. The lowest BCUT2D eigenvalue weighted by Gasteiger charge is -2.10. The third kappa shape index (κ3) is 1.45. The van der Waals surface area contributed by atoms with E-state index in [0.717, 1.165) is 19.3 Å². The topological polar surface area (TPSA) is 25.2 Å². The van der Waals surface area contributed by atoms with Gasteiger partial charge in [0.15, 0.2) is 0 Å². The molecule has 2 aromatic rings. The third-order valence-corrected chi connectivity index (χ3v) is 3.33. The van der Waals surface area contributed by atoms with Gasteiger partial charge < -0.3 is 9.67 Å². The van der Waals surface area contributed by atoms with Crippen LogP contribution in [0.1, 0.15) is 18.4 Å². The first-order chi connectivity index (χ1) is 7.18. The number of aliphatic hydroxyl groups is 1. The first-order valence-electron chi connectivity index (χ1n) is 5.43. The summed E-state index contributed by atoms with van der Waals surface area (Å²) in [6.45, 7) is 0. The molecule has 0 unspecified atom stereocenters. The molecule has 2 nitrogen and oxygen atoms in total. The average Bonchev–Trinajstić information content (AvgIpc) is 2.80. The van der Waals surface area contributed by atoms with E-state index in [1.54, 1.807) is 0 Å². The van der Waals surface area contributed by atoms with E-state index in [4.69, 9.17) is 0 Å². The van der Waals surface area contributed by atoms with E-state index in [0.29, 0.717) is 0 Å². The van der Waals surface area contributed by atoms with Crippen LogP contribution in [-0.4, -0.2) is 15.3 Å². The van der Waals surface area contributed by atoms with Gasteiger partial charge in [0.2, 0.25) is 0 Å². The van der Waals surface area contributed by atoms with Crippen LogP contribution in [0.15, 0.2) is 30.5 Å². The molecule has 0 saturated heterocycles. The summed E-state index contributed by atoms with van der Waals surface area (Å²) < 4.78 is 2.14. The molecule has 15 heavy (non-hydrogen) atoms. The third-order valence-electron chi connectivity index (χ3n) is 3.33. The van der Waals surface area contributed by atoms with Gasteiger partial charge in [-0.15, -0.1) is 0 Å². The molecule has 1 aromatic carbocycles. The first-order valence-corrected chi connectivity index (χ1v) is 5.43. The van der Waals surface area contributed by atoms with Gasteiger partial charge in [-0.05, 0) is 29.9 Å². The SMILES string of the molecule is Cn1ccc2cccc(CC3(O)CC3)c21. The molecule has 78 valence electrons. The molecule has 0 amide bonds. The Morgan fingerprint density at radius 1 is 1.33 bits per heavy atom. The van der Waals surface area contributed by atoms with Crippen molar-refractivity contribution >= 4 is 10.9 Å². The van der Waals surface area contributed by atoms with E-state index in [1.807, 2.05) is 0 Å². The van der Waals surface area contributed by atoms with Gasteiger partial charge in [-0.3, -0.25) is 0 Å². The molecule has 1 saturated carbocycles. The zero-order chi connectivity index (χ0) is 10.5. The average molecular weight is 201 g/mol. The van der Waals surface area contributed by atoms with Gasteiger partial charge in [0.1, 0.15) is 0 Å². The van der Waals surface area contributed by atoms with Crippen LogP contribution in [0.25, 0.3) is 10.9 Å². The maximum atomic E-state index is 9.96. The van der Waals surface area contributed by atoms with Gasteiger partial charge >= 0.3 is 0 Å². The molecule has 0 atom stereocenters. The Bertz CT molecular complexity index is 508. The highest BCUT2D eigenvalue weighted by Gasteiger charge is 2.40. The van der Waals surface area contributed by atoms with E-state index in [2.05, 4.69) is 42.1 Å². The molecule has 0 spiro atoms. The van der Waals surface area contributed by atoms with Gasteiger partial charge in [-0.25, -0.2) is 0 Å². The van der Waals surface area contributed by atoms with Crippen molar-refractivity contribution in [3.05, 3.63) is 36.0 Å². The molecular formula is C13H15NO. The second-order valence-corrected chi connectivity index (χ2v) is 4.68. The van der Waals surface area contributed by atoms with Crippen LogP contribution in [-0.2, 0) is 13.5 Å². The molecule has 1 aliphatic carbocycles. The van der Waals surface area contributed by atoms with Crippen molar-refractivity contribution in [3.8, 4) is 0 Å². The smallest absolute Gasteiger partial charge is 0.0690 e. The van der Waals surface area contributed by atoms with Crippen LogP contribution in [0, 0.1) is 0 Å². The number of hydrogen-bond acceptors (Lipinski definition) is 1. The van der Waals surface area contributed by atoms with Gasteiger partial charge in [-0.1, -0.05) is 18.2 Å². The van der Waals surface area contributed by atoms with Crippen LogP contribution in [0.4, 0.5) is 0 Å². The van der Waals surface area contributed by atoms with Crippen molar-refractivity contribution in [2.75, 3.05) is 0 Å². The van der Waals surface area contributed by atoms with Crippen LogP contribution < -0.4 is 0 Å². The highest BCUT2D eigenvalue weighted by atomic mass is 16.3. The zero-order valence-corrected chi connectivity index (χ0v) is 8.90. The number of rotatable bonds is 2. The quantitative estimate of drug-likeness (QED) is 0.792.